The molecule has 0 spiro atoms. The molecular weight excluding hydrogens is 154 g/mol. The van der Waals surface area contributed by atoms with E-state index in [2.05, 4.69) is 15.5 Å². The molecule has 0 fully saturated rings. The van der Waals surface area contributed by atoms with Gasteiger partial charge in [0.05, 0.1) is 5.69 Å². The van der Waals surface area contributed by atoms with Crippen molar-refractivity contribution in [2.24, 2.45) is 0 Å². The SMILES string of the molecule is Cc1ccc(NCCCO)nn1. The van der Waals surface area contributed by atoms with Crippen LogP contribution in [-0.4, -0.2) is 28.5 Å². The third-order valence-electron chi connectivity index (χ3n) is 1.44. The van der Waals surface area contributed by atoms with Crippen LogP contribution in [-0.2, 0) is 0 Å². The molecule has 0 aliphatic heterocycles. The van der Waals surface area contributed by atoms with Gasteiger partial charge in [-0.1, -0.05) is 0 Å². The fourth-order valence-electron chi connectivity index (χ4n) is 0.789. The largest absolute Gasteiger partial charge is 0.396 e. The summed E-state index contributed by atoms with van der Waals surface area (Å²) in [7, 11) is 0. The first-order valence-corrected chi connectivity index (χ1v) is 3.98. The molecule has 0 aliphatic rings. The van der Waals surface area contributed by atoms with E-state index in [0.29, 0.717) is 0 Å². The molecule has 0 saturated carbocycles. The second kappa shape index (κ2) is 4.66. The summed E-state index contributed by atoms with van der Waals surface area (Å²) in [5.74, 6) is 0.758. The maximum absolute atomic E-state index is 8.51. The van der Waals surface area contributed by atoms with Crippen molar-refractivity contribution in [3.8, 4) is 0 Å². The number of aliphatic hydroxyl groups is 1. The van der Waals surface area contributed by atoms with Crippen molar-refractivity contribution in [3.05, 3.63) is 17.8 Å². The third kappa shape index (κ3) is 2.84. The highest BCUT2D eigenvalue weighted by Crippen LogP contribution is 2.00. The Morgan fingerprint density at radius 1 is 1.42 bits per heavy atom. The lowest BCUT2D eigenvalue weighted by atomic mass is 10.4. The lowest BCUT2D eigenvalue weighted by Crippen LogP contribution is -2.05. The monoisotopic (exact) mass is 167 g/mol. The number of aromatic nitrogens is 2. The van der Waals surface area contributed by atoms with Crippen LogP contribution in [0.1, 0.15) is 12.1 Å². The Balaban J connectivity index is 2.37. The Kier molecular flexibility index (Phi) is 3.47. The summed E-state index contributed by atoms with van der Waals surface area (Å²) in [5.41, 5.74) is 0.905. The molecule has 0 saturated heterocycles. The van der Waals surface area contributed by atoms with Crippen LogP contribution in [0.15, 0.2) is 12.1 Å². The van der Waals surface area contributed by atoms with Gasteiger partial charge in [0, 0.05) is 13.2 Å². The van der Waals surface area contributed by atoms with Gasteiger partial charge in [-0.25, -0.2) is 0 Å². The van der Waals surface area contributed by atoms with Crippen LogP contribution in [0.3, 0.4) is 0 Å². The number of aliphatic hydroxyl groups excluding tert-OH is 1. The normalized spacial score (nSPS) is 9.83. The van der Waals surface area contributed by atoms with Crippen LogP contribution in [0.4, 0.5) is 5.82 Å². The molecule has 12 heavy (non-hydrogen) atoms. The lowest BCUT2D eigenvalue weighted by molar-refractivity contribution is 0.292. The summed E-state index contributed by atoms with van der Waals surface area (Å²) in [6.07, 6.45) is 0.732. The minimum atomic E-state index is 0.201. The van der Waals surface area contributed by atoms with E-state index < -0.39 is 0 Å². The minimum Gasteiger partial charge on any atom is -0.396 e. The molecule has 1 aromatic rings. The van der Waals surface area contributed by atoms with Crippen LogP contribution in [0.25, 0.3) is 0 Å². The number of aryl methyl sites for hydroxylation is 1. The molecular formula is C8H13N3O. The Bertz CT molecular complexity index is 222. The van der Waals surface area contributed by atoms with Gasteiger partial charge >= 0.3 is 0 Å². The van der Waals surface area contributed by atoms with Gasteiger partial charge in [-0.2, -0.15) is 5.10 Å². The van der Waals surface area contributed by atoms with Gasteiger partial charge in [-0.3, -0.25) is 0 Å². The fraction of sp³-hybridized carbons (Fsp3) is 0.500. The maximum atomic E-state index is 8.51. The smallest absolute Gasteiger partial charge is 0.148 e. The second-order valence-corrected chi connectivity index (χ2v) is 2.56. The van der Waals surface area contributed by atoms with Gasteiger partial charge in [0.15, 0.2) is 0 Å². The van der Waals surface area contributed by atoms with E-state index in [4.69, 9.17) is 5.11 Å². The molecule has 0 aromatic carbocycles. The molecule has 66 valence electrons. The molecule has 1 heterocycles. The summed E-state index contributed by atoms with van der Waals surface area (Å²) in [5, 5.41) is 19.3. The van der Waals surface area contributed by atoms with Crippen molar-refractivity contribution in [2.75, 3.05) is 18.5 Å². The highest BCUT2D eigenvalue weighted by atomic mass is 16.3. The van der Waals surface area contributed by atoms with E-state index in [1.807, 2.05) is 19.1 Å². The van der Waals surface area contributed by atoms with Crippen molar-refractivity contribution < 1.29 is 5.11 Å². The quantitative estimate of drug-likeness (QED) is 0.644. The zero-order chi connectivity index (χ0) is 8.81. The predicted octanol–water partition coefficient (Wildman–Crippen LogP) is 0.579. The van der Waals surface area contributed by atoms with E-state index in [9.17, 15) is 0 Å². The number of hydrogen-bond donors (Lipinski definition) is 2. The Morgan fingerprint density at radius 2 is 2.25 bits per heavy atom. The van der Waals surface area contributed by atoms with E-state index in [1.165, 1.54) is 0 Å². The average molecular weight is 167 g/mol. The predicted molar refractivity (Wildman–Crippen MR) is 47.0 cm³/mol. The molecule has 0 atom stereocenters. The molecule has 0 unspecified atom stereocenters. The van der Waals surface area contributed by atoms with Crippen LogP contribution in [0.5, 0.6) is 0 Å². The maximum Gasteiger partial charge on any atom is 0.148 e. The minimum absolute atomic E-state index is 0.201. The van der Waals surface area contributed by atoms with Crippen molar-refractivity contribution in [3.63, 3.8) is 0 Å². The zero-order valence-electron chi connectivity index (χ0n) is 7.12. The molecule has 4 heteroatoms. The molecule has 2 N–H and O–H groups in total. The topological polar surface area (TPSA) is 58.0 Å². The average Bonchev–Trinajstić information content (AvgIpc) is 2.09. The van der Waals surface area contributed by atoms with Gasteiger partial charge < -0.3 is 10.4 Å². The Labute approximate surface area is 71.6 Å². The first-order chi connectivity index (χ1) is 5.83. The molecule has 0 amide bonds. The van der Waals surface area contributed by atoms with Crippen LogP contribution in [0, 0.1) is 6.92 Å². The van der Waals surface area contributed by atoms with Crippen LogP contribution < -0.4 is 5.32 Å². The molecule has 0 aliphatic carbocycles. The lowest BCUT2D eigenvalue weighted by Gasteiger charge is -2.02. The highest BCUT2D eigenvalue weighted by molar-refractivity contribution is 5.32. The number of nitrogens with zero attached hydrogens (tertiary/aromatic N) is 2. The van der Waals surface area contributed by atoms with Crippen molar-refractivity contribution in [1.29, 1.82) is 0 Å². The molecule has 0 radical (unpaired) electrons. The summed E-state index contributed by atoms with van der Waals surface area (Å²) in [6, 6.07) is 3.77. The first-order valence-electron chi connectivity index (χ1n) is 3.98. The summed E-state index contributed by atoms with van der Waals surface area (Å²) in [6.45, 7) is 2.82. The van der Waals surface area contributed by atoms with E-state index in [-0.39, 0.29) is 6.61 Å². The van der Waals surface area contributed by atoms with E-state index >= 15 is 0 Å². The van der Waals surface area contributed by atoms with Gasteiger partial charge in [-0.05, 0) is 25.5 Å². The third-order valence-corrected chi connectivity index (χ3v) is 1.44. The summed E-state index contributed by atoms with van der Waals surface area (Å²) >= 11 is 0. The summed E-state index contributed by atoms with van der Waals surface area (Å²) < 4.78 is 0. The molecule has 4 nitrogen and oxygen atoms in total. The first kappa shape index (κ1) is 8.93. The molecule has 0 bridgehead atoms. The van der Waals surface area contributed by atoms with Crippen molar-refractivity contribution >= 4 is 5.82 Å². The van der Waals surface area contributed by atoms with E-state index in [0.717, 1.165) is 24.5 Å². The van der Waals surface area contributed by atoms with Gasteiger partial charge in [0.1, 0.15) is 5.82 Å². The Morgan fingerprint density at radius 3 is 2.83 bits per heavy atom. The van der Waals surface area contributed by atoms with Gasteiger partial charge in [-0.15, -0.1) is 5.10 Å². The van der Waals surface area contributed by atoms with Crippen LogP contribution >= 0.6 is 0 Å². The number of hydrogen-bond acceptors (Lipinski definition) is 4. The highest BCUT2D eigenvalue weighted by Gasteiger charge is 1.92. The molecule has 1 aromatic heterocycles. The van der Waals surface area contributed by atoms with Crippen LogP contribution in [0.2, 0.25) is 0 Å². The van der Waals surface area contributed by atoms with E-state index in [1.54, 1.807) is 0 Å². The van der Waals surface area contributed by atoms with Gasteiger partial charge in [0.25, 0.3) is 0 Å². The number of rotatable bonds is 4. The standard InChI is InChI=1S/C8H13N3O/c1-7-3-4-8(11-10-7)9-5-2-6-12/h3-4,12H,2,5-6H2,1H3,(H,9,11). The van der Waals surface area contributed by atoms with Crippen molar-refractivity contribution in [2.45, 2.75) is 13.3 Å². The zero-order valence-corrected chi connectivity index (χ0v) is 7.12. The fourth-order valence-corrected chi connectivity index (χ4v) is 0.789. The second-order valence-electron chi connectivity index (χ2n) is 2.56. The number of anilines is 1. The number of nitrogens with one attached hydrogen (secondary N) is 1. The van der Waals surface area contributed by atoms with Gasteiger partial charge in [0.2, 0.25) is 0 Å². The Hall–Kier alpha value is -1.16. The summed E-state index contributed by atoms with van der Waals surface area (Å²) in [4.78, 5) is 0. The molecule has 1 rings (SSSR count). The van der Waals surface area contributed by atoms with Crippen molar-refractivity contribution in [1.82, 2.24) is 10.2 Å².